The molecule has 0 amide bonds. The minimum Gasteiger partial charge on any atom is -0.370 e. The first kappa shape index (κ1) is 12.4. The SMILES string of the molecule is Cc1cc(F)cc(Br)c1N=C(N)N=C(N)N. The van der Waals surface area contributed by atoms with E-state index >= 15 is 0 Å². The van der Waals surface area contributed by atoms with Gasteiger partial charge in [0.2, 0.25) is 5.96 Å². The molecule has 0 atom stereocenters. The molecule has 0 aliphatic heterocycles. The Kier molecular flexibility index (Phi) is 3.83. The molecule has 5 nitrogen and oxygen atoms in total. The number of nitrogens with zero attached hydrogens (tertiary/aromatic N) is 2. The molecule has 0 radical (unpaired) electrons. The molecule has 0 aromatic heterocycles. The summed E-state index contributed by atoms with van der Waals surface area (Å²) in [6, 6.07) is 2.63. The van der Waals surface area contributed by atoms with Gasteiger partial charge >= 0.3 is 0 Å². The van der Waals surface area contributed by atoms with Gasteiger partial charge in [-0.3, -0.25) is 0 Å². The molecule has 0 bridgehead atoms. The maximum Gasteiger partial charge on any atom is 0.223 e. The predicted octanol–water partition coefficient (Wildman–Crippen LogP) is 1.12. The third kappa shape index (κ3) is 3.20. The summed E-state index contributed by atoms with van der Waals surface area (Å²) < 4.78 is 13.5. The lowest BCUT2D eigenvalue weighted by atomic mass is 10.2. The first-order chi connectivity index (χ1) is 7.40. The quantitative estimate of drug-likeness (QED) is 0.533. The zero-order chi connectivity index (χ0) is 12.3. The Balaban J connectivity index is 3.20. The van der Waals surface area contributed by atoms with Crippen molar-refractivity contribution >= 4 is 33.5 Å². The smallest absolute Gasteiger partial charge is 0.223 e. The zero-order valence-electron chi connectivity index (χ0n) is 8.54. The minimum atomic E-state index is -0.358. The summed E-state index contributed by atoms with van der Waals surface area (Å²) in [6.07, 6.45) is 0. The number of benzene rings is 1. The van der Waals surface area contributed by atoms with Crippen molar-refractivity contribution in [1.82, 2.24) is 0 Å². The van der Waals surface area contributed by atoms with Crippen LogP contribution in [0.3, 0.4) is 0 Å². The molecule has 0 aliphatic carbocycles. The number of aryl methyl sites for hydroxylation is 1. The van der Waals surface area contributed by atoms with E-state index in [-0.39, 0.29) is 17.7 Å². The van der Waals surface area contributed by atoms with Crippen LogP contribution in [0.4, 0.5) is 10.1 Å². The van der Waals surface area contributed by atoms with Gasteiger partial charge in [0.15, 0.2) is 5.96 Å². The maximum atomic E-state index is 13.0. The number of nitrogens with two attached hydrogens (primary N) is 3. The van der Waals surface area contributed by atoms with Crippen molar-refractivity contribution in [2.45, 2.75) is 6.92 Å². The van der Waals surface area contributed by atoms with Gasteiger partial charge in [-0.25, -0.2) is 9.38 Å². The van der Waals surface area contributed by atoms with Crippen molar-refractivity contribution in [1.29, 1.82) is 0 Å². The fourth-order valence-electron chi connectivity index (χ4n) is 1.11. The topological polar surface area (TPSA) is 103 Å². The summed E-state index contributed by atoms with van der Waals surface area (Å²) in [6.45, 7) is 1.70. The number of rotatable bonds is 1. The fourth-order valence-corrected chi connectivity index (χ4v) is 1.73. The van der Waals surface area contributed by atoms with E-state index in [0.29, 0.717) is 15.7 Å². The largest absolute Gasteiger partial charge is 0.370 e. The molecule has 86 valence electrons. The molecule has 7 heteroatoms. The van der Waals surface area contributed by atoms with Gasteiger partial charge in [0, 0.05) is 4.47 Å². The zero-order valence-corrected chi connectivity index (χ0v) is 10.1. The van der Waals surface area contributed by atoms with E-state index in [2.05, 4.69) is 25.9 Å². The summed E-state index contributed by atoms with van der Waals surface area (Å²) in [5.41, 5.74) is 16.9. The molecule has 0 saturated carbocycles. The molecule has 0 aliphatic rings. The highest BCUT2D eigenvalue weighted by Gasteiger charge is 2.06. The fraction of sp³-hybridized carbons (Fsp3) is 0.111. The Morgan fingerprint density at radius 2 is 1.94 bits per heavy atom. The van der Waals surface area contributed by atoms with Gasteiger partial charge in [0.05, 0.1) is 5.69 Å². The van der Waals surface area contributed by atoms with Crippen molar-refractivity contribution in [2.24, 2.45) is 27.2 Å². The first-order valence-corrected chi connectivity index (χ1v) is 5.09. The average Bonchev–Trinajstić information content (AvgIpc) is 2.09. The van der Waals surface area contributed by atoms with Crippen LogP contribution in [0, 0.1) is 12.7 Å². The number of guanidine groups is 2. The number of hydrogen-bond donors (Lipinski definition) is 3. The normalized spacial score (nSPS) is 11.3. The van der Waals surface area contributed by atoms with E-state index in [1.807, 2.05) is 0 Å². The maximum absolute atomic E-state index is 13.0. The molecule has 0 spiro atoms. The monoisotopic (exact) mass is 287 g/mol. The molecule has 0 unspecified atom stereocenters. The summed E-state index contributed by atoms with van der Waals surface area (Å²) in [5, 5.41) is 0. The first-order valence-electron chi connectivity index (χ1n) is 4.29. The Labute approximate surface area is 100 Å². The van der Waals surface area contributed by atoms with Crippen LogP contribution < -0.4 is 17.2 Å². The van der Waals surface area contributed by atoms with Crippen molar-refractivity contribution in [3.8, 4) is 0 Å². The van der Waals surface area contributed by atoms with E-state index in [1.54, 1.807) is 6.92 Å². The molecular weight excluding hydrogens is 277 g/mol. The van der Waals surface area contributed by atoms with Gasteiger partial charge in [-0.1, -0.05) is 0 Å². The summed E-state index contributed by atoms with van der Waals surface area (Å²) in [7, 11) is 0. The third-order valence-corrected chi connectivity index (χ3v) is 2.29. The molecule has 0 saturated heterocycles. The Hall–Kier alpha value is -1.63. The van der Waals surface area contributed by atoms with Crippen LogP contribution >= 0.6 is 15.9 Å². The number of aliphatic imine (C=N–C) groups is 2. The van der Waals surface area contributed by atoms with Gasteiger partial charge in [-0.05, 0) is 40.5 Å². The van der Waals surface area contributed by atoms with E-state index in [4.69, 9.17) is 17.2 Å². The average molecular weight is 288 g/mol. The molecule has 1 aromatic rings. The second-order valence-electron chi connectivity index (χ2n) is 3.06. The standard InChI is InChI=1S/C9H11BrFN5/c1-4-2-5(11)3-6(10)7(4)15-9(14)16-8(12)13/h2-3H,1H3,(H6,12,13,14,15,16). The molecule has 6 N–H and O–H groups in total. The van der Waals surface area contributed by atoms with Crippen LogP contribution in [-0.2, 0) is 0 Å². The van der Waals surface area contributed by atoms with Crippen LogP contribution in [0.15, 0.2) is 26.6 Å². The predicted molar refractivity (Wildman–Crippen MR) is 65.9 cm³/mol. The van der Waals surface area contributed by atoms with Crippen molar-refractivity contribution in [2.75, 3.05) is 0 Å². The lowest BCUT2D eigenvalue weighted by Crippen LogP contribution is -2.26. The second kappa shape index (κ2) is 4.93. The summed E-state index contributed by atoms with van der Waals surface area (Å²) >= 11 is 3.18. The molecule has 0 fully saturated rings. The van der Waals surface area contributed by atoms with E-state index in [1.165, 1.54) is 12.1 Å². The van der Waals surface area contributed by atoms with Gasteiger partial charge in [0.1, 0.15) is 5.82 Å². The van der Waals surface area contributed by atoms with Crippen LogP contribution in [0.25, 0.3) is 0 Å². The highest BCUT2D eigenvalue weighted by molar-refractivity contribution is 9.10. The Morgan fingerprint density at radius 3 is 2.44 bits per heavy atom. The van der Waals surface area contributed by atoms with Crippen molar-refractivity contribution < 1.29 is 4.39 Å². The number of hydrogen-bond acceptors (Lipinski definition) is 1. The lowest BCUT2D eigenvalue weighted by molar-refractivity contribution is 0.626. The van der Waals surface area contributed by atoms with Crippen LogP contribution in [0.1, 0.15) is 5.56 Å². The molecule has 1 aromatic carbocycles. The second-order valence-corrected chi connectivity index (χ2v) is 3.91. The highest BCUT2D eigenvalue weighted by atomic mass is 79.9. The van der Waals surface area contributed by atoms with Gasteiger partial charge < -0.3 is 17.2 Å². The van der Waals surface area contributed by atoms with E-state index in [0.717, 1.165) is 0 Å². The van der Waals surface area contributed by atoms with Crippen LogP contribution in [-0.4, -0.2) is 11.9 Å². The lowest BCUT2D eigenvalue weighted by Gasteiger charge is -2.04. The minimum absolute atomic E-state index is 0.0876. The van der Waals surface area contributed by atoms with E-state index < -0.39 is 0 Å². The molecule has 1 rings (SSSR count). The third-order valence-electron chi connectivity index (χ3n) is 1.69. The molecule has 0 heterocycles. The summed E-state index contributed by atoms with van der Waals surface area (Å²) in [5.74, 6) is -0.628. The van der Waals surface area contributed by atoms with Crippen LogP contribution in [0.5, 0.6) is 0 Å². The Bertz CT molecular complexity index is 442. The van der Waals surface area contributed by atoms with Crippen molar-refractivity contribution in [3.05, 3.63) is 28.0 Å². The Morgan fingerprint density at radius 1 is 1.31 bits per heavy atom. The van der Waals surface area contributed by atoms with Crippen molar-refractivity contribution in [3.63, 3.8) is 0 Å². The van der Waals surface area contributed by atoms with E-state index in [9.17, 15) is 4.39 Å². The van der Waals surface area contributed by atoms with Gasteiger partial charge in [-0.2, -0.15) is 4.99 Å². The highest BCUT2D eigenvalue weighted by Crippen LogP contribution is 2.30. The molecular formula is C9H11BrFN5. The van der Waals surface area contributed by atoms with Crippen LogP contribution in [0.2, 0.25) is 0 Å². The van der Waals surface area contributed by atoms with Gasteiger partial charge in [-0.15, -0.1) is 0 Å². The van der Waals surface area contributed by atoms with Gasteiger partial charge in [0.25, 0.3) is 0 Å². The number of halogens is 2. The molecule has 16 heavy (non-hydrogen) atoms. The summed E-state index contributed by atoms with van der Waals surface area (Å²) in [4.78, 5) is 7.54.